The lowest BCUT2D eigenvalue weighted by Crippen LogP contribution is -2.16. The fourth-order valence-electron chi connectivity index (χ4n) is 1.83. The van der Waals surface area contributed by atoms with Crippen LogP contribution < -0.4 is 11.3 Å². The number of pyridine rings is 1. The maximum atomic E-state index is 11.0. The van der Waals surface area contributed by atoms with Crippen LogP contribution in [-0.2, 0) is 0 Å². The lowest BCUT2D eigenvalue weighted by molar-refractivity contribution is 0.591. The summed E-state index contributed by atoms with van der Waals surface area (Å²) in [6.45, 7) is 1.91. The number of hydrogen-bond donors (Lipinski definition) is 2. The summed E-state index contributed by atoms with van der Waals surface area (Å²) in [6.07, 6.45) is 3.68. The smallest absolute Gasteiger partial charge is 0.248 e. The van der Waals surface area contributed by atoms with Gasteiger partial charge < -0.3 is 10.7 Å². The number of aromatic amines is 1. The van der Waals surface area contributed by atoms with Crippen molar-refractivity contribution < 1.29 is 0 Å². The summed E-state index contributed by atoms with van der Waals surface area (Å²) in [6, 6.07) is 3.48. The number of nitrogens with one attached hydrogen (secondary N) is 1. The van der Waals surface area contributed by atoms with Crippen molar-refractivity contribution in [3.05, 3.63) is 33.7 Å². The van der Waals surface area contributed by atoms with E-state index in [-0.39, 0.29) is 11.6 Å². The van der Waals surface area contributed by atoms with E-state index in [1.165, 1.54) is 12.8 Å². The quantitative estimate of drug-likeness (QED) is 0.762. The van der Waals surface area contributed by atoms with E-state index in [2.05, 4.69) is 4.98 Å². The number of H-pyrrole nitrogens is 1. The highest BCUT2D eigenvalue weighted by molar-refractivity contribution is 5.22. The lowest BCUT2D eigenvalue weighted by Gasteiger charge is -2.13. The Kier molecular flexibility index (Phi) is 2.42. The van der Waals surface area contributed by atoms with Gasteiger partial charge in [0.05, 0.1) is 0 Å². The van der Waals surface area contributed by atoms with Crippen LogP contribution in [0.2, 0.25) is 0 Å². The first-order valence-electron chi connectivity index (χ1n) is 5.12. The SMILES string of the molecule is Cc1[nH]c(=O)ccc1C(N)CC1CC1. The van der Waals surface area contributed by atoms with Crippen LogP contribution in [-0.4, -0.2) is 4.98 Å². The highest BCUT2D eigenvalue weighted by atomic mass is 16.1. The minimum absolute atomic E-state index is 0.0510. The van der Waals surface area contributed by atoms with E-state index < -0.39 is 0 Å². The van der Waals surface area contributed by atoms with Crippen LogP contribution >= 0.6 is 0 Å². The van der Waals surface area contributed by atoms with Crippen LogP contribution in [0.3, 0.4) is 0 Å². The number of rotatable bonds is 3. The molecule has 1 aromatic rings. The Morgan fingerprint density at radius 2 is 2.29 bits per heavy atom. The predicted octanol–water partition coefficient (Wildman–Crippen LogP) is 1.48. The van der Waals surface area contributed by atoms with Crippen molar-refractivity contribution in [3.63, 3.8) is 0 Å². The second kappa shape index (κ2) is 3.58. The van der Waals surface area contributed by atoms with Crippen molar-refractivity contribution in [2.75, 3.05) is 0 Å². The number of nitrogens with two attached hydrogens (primary N) is 1. The molecule has 14 heavy (non-hydrogen) atoms. The molecule has 1 heterocycles. The van der Waals surface area contributed by atoms with Crippen LogP contribution in [0.5, 0.6) is 0 Å². The van der Waals surface area contributed by atoms with Gasteiger partial charge in [0.1, 0.15) is 0 Å². The van der Waals surface area contributed by atoms with Gasteiger partial charge >= 0.3 is 0 Å². The van der Waals surface area contributed by atoms with E-state index in [4.69, 9.17) is 5.73 Å². The fourth-order valence-corrected chi connectivity index (χ4v) is 1.83. The van der Waals surface area contributed by atoms with Crippen molar-refractivity contribution in [2.24, 2.45) is 11.7 Å². The molecule has 3 nitrogen and oxygen atoms in total. The second-order valence-electron chi connectivity index (χ2n) is 4.19. The van der Waals surface area contributed by atoms with E-state index >= 15 is 0 Å². The van der Waals surface area contributed by atoms with Crippen LogP contribution in [0.15, 0.2) is 16.9 Å². The summed E-state index contributed by atoms with van der Waals surface area (Å²) >= 11 is 0. The average Bonchev–Trinajstić information content (AvgIpc) is 2.87. The zero-order valence-corrected chi connectivity index (χ0v) is 8.42. The summed E-state index contributed by atoms with van der Waals surface area (Å²) in [4.78, 5) is 13.8. The van der Waals surface area contributed by atoms with E-state index in [1.54, 1.807) is 6.07 Å². The third-order valence-electron chi connectivity index (χ3n) is 2.84. The summed E-state index contributed by atoms with van der Waals surface area (Å²) in [5, 5.41) is 0. The van der Waals surface area contributed by atoms with E-state index in [9.17, 15) is 4.79 Å². The standard InChI is InChI=1S/C11H16N2O/c1-7-9(4-5-11(14)13-7)10(12)6-8-2-3-8/h4-5,8,10H,2-3,6,12H2,1H3,(H,13,14). The van der Waals surface area contributed by atoms with E-state index in [0.29, 0.717) is 0 Å². The van der Waals surface area contributed by atoms with E-state index in [0.717, 1.165) is 23.6 Å². The van der Waals surface area contributed by atoms with Gasteiger partial charge in [-0.25, -0.2) is 0 Å². The molecule has 1 fully saturated rings. The summed E-state index contributed by atoms with van der Waals surface area (Å²) in [7, 11) is 0. The second-order valence-corrected chi connectivity index (χ2v) is 4.19. The molecule has 0 aromatic carbocycles. The van der Waals surface area contributed by atoms with Crippen LogP contribution in [0.1, 0.15) is 36.6 Å². The molecule has 0 aliphatic heterocycles. The van der Waals surface area contributed by atoms with Crippen molar-refractivity contribution >= 4 is 0 Å². The average molecular weight is 192 g/mol. The van der Waals surface area contributed by atoms with Gasteiger partial charge in [-0.1, -0.05) is 18.9 Å². The number of aryl methyl sites for hydroxylation is 1. The highest BCUT2D eigenvalue weighted by Gasteiger charge is 2.25. The van der Waals surface area contributed by atoms with Gasteiger partial charge in [0.2, 0.25) is 5.56 Å². The molecule has 1 saturated carbocycles. The molecule has 1 aliphatic carbocycles. The van der Waals surface area contributed by atoms with Crippen LogP contribution in [0, 0.1) is 12.8 Å². The molecular weight excluding hydrogens is 176 g/mol. The molecule has 0 amide bonds. The first kappa shape index (κ1) is 9.46. The molecule has 3 heteroatoms. The first-order valence-corrected chi connectivity index (χ1v) is 5.12. The molecular formula is C11H16N2O. The van der Waals surface area contributed by atoms with Gasteiger partial charge in [0.25, 0.3) is 0 Å². The van der Waals surface area contributed by atoms with Gasteiger partial charge in [-0.3, -0.25) is 4.79 Å². The molecule has 1 atom stereocenters. The van der Waals surface area contributed by atoms with Crippen molar-refractivity contribution in [3.8, 4) is 0 Å². The Morgan fingerprint density at radius 1 is 1.57 bits per heavy atom. The molecule has 0 spiro atoms. The minimum Gasteiger partial charge on any atom is -0.326 e. The first-order chi connectivity index (χ1) is 6.66. The van der Waals surface area contributed by atoms with Crippen molar-refractivity contribution in [2.45, 2.75) is 32.2 Å². The maximum Gasteiger partial charge on any atom is 0.248 e. The molecule has 0 saturated heterocycles. The molecule has 1 unspecified atom stereocenters. The number of hydrogen-bond acceptors (Lipinski definition) is 2. The zero-order chi connectivity index (χ0) is 10.1. The summed E-state index contributed by atoms with van der Waals surface area (Å²) in [5.41, 5.74) is 8.00. The molecule has 2 rings (SSSR count). The third kappa shape index (κ3) is 2.04. The van der Waals surface area contributed by atoms with Crippen LogP contribution in [0.25, 0.3) is 0 Å². The number of aromatic nitrogens is 1. The van der Waals surface area contributed by atoms with Gasteiger partial charge in [0.15, 0.2) is 0 Å². The molecule has 0 radical (unpaired) electrons. The Bertz CT molecular complexity index is 379. The minimum atomic E-state index is -0.0510. The van der Waals surface area contributed by atoms with Gasteiger partial charge in [-0.05, 0) is 24.8 Å². The highest BCUT2D eigenvalue weighted by Crippen LogP contribution is 2.36. The molecule has 0 bridgehead atoms. The molecule has 76 valence electrons. The molecule has 3 N–H and O–H groups in total. The largest absolute Gasteiger partial charge is 0.326 e. The summed E-state index contributed by atoms with van der Waals surface area (Å²) in [5.74, 6) is 0.816. The van der Waals surface area contributed by atoms with Crippen molar-refractivity contribution in [1.82, 2.24) is 4.98 Å². The Hall–Kier alpha value is -1.09. The van der Waals surface area contributed by atoms with E-state index in [1.807, 2.05) is 13.0 Å². The topological polar surface area (TPSA) is 58.9 Å². The molecule has 1 aromatic heterocycles. The normalized spacial score (nSPS) is 18.1. The van der Waals surface area contributed by atoms with Crippen molar-refractivity contribution in [1.29, 1.82) is 0 Å². The van der Waals surface area contributed by atoms with Gasteiger partial charge in [-0.15, -0.1) is 0 Å². The zero-order valence-electron chi connectivity index (χ0n) is 8.42. The van der Waals surface area contributed by atoms with Gasteiger partial charge in [-0.2, -0.15) is 0 Å². The summed E-state index contributed by atoms with van der Waals surface area (Å²) < 4.78 is 0. The Balaban J connectivity index is 2.17. The Morgan fingerprint density at radius 3 is 2.86 bits per heavy atom. The molecule has 1 aliphatic rings. The monoisotopic (exact) mass is 192 g/mol. The lowest BCUT2D eigenvalue weighted by atomic mass is 10.0. The predicted molar refractivity (Wildman–Crippen MR) is 56.1 cm³/mol. The fraction of sp³-hybridized carbons (Fsp3) is 0.545. The maximum absolute atomic E-state index is 11.0. The van der Waals surface area contributed by atoms with Crippen LogP contribution in [0.4, 0.5) is 0 Å². The third-order valence-corrected chi connectivity index (χ3v) is 2.84. The Labute approximate surface area is 83.3 Å². The van der Waals surface area contributed by atoms with Gasteiger partial charge in [0, 0.05) is 17.8 Å².